The molecule has 0 bridgehead atoms. The number of aromatic nitrogens is 2. The van der Waals surface area contributed by atoms with Crippen LogP contribution in [0.15, 0.2) is 30.0 Å². The molecular weight excluding hydrogens is 308 g/mol. The number of fused-ring (bicyclic) bond motifs is 1. The quantitative estimate of drug-likeness (QED) is 0.683. The molecule has 3 rings (SSSR count). The maximum Gasteiger partial charge on any atom is 0.262 e. The number of amides is 1. The zero-order valence-electron chi connectivity index (χ0n) is 13.4. The third-order valence-corrected chi connectivity index (χ3v) is 3.61. The second-order valence-electron chi connectivity index (χ2n) is 5.38. The van der Waals surface area contributed by atoms with Gasteiger partial charge in [0.2, 0.25) is 6.79 Å². The Labute approximate surface area is 139 Å². The molecule has 1 N–H and O–H groups in total. The van der Waals surface area contributed by atoms with Crippen molar-refractivity contribution in [1.82, 2.24) is 15.1 Å². The van der Waals surface area contributed by atoms with Gasteiger partial charge < -0.3 is 14.8 Å². The SMILES string of the molecule is Cc1nn(C)cc1/C=C(\C#N)C(=O)NCc1ccc2c(c1)OCO2. The standard InChI is InChI=1S/C17H16N4O3/c1-11-14(9-21(2)20-11)6-13(7-18)17(22)19-8-12-3-4-15-16(5-12)24-10-23-15/h3-6,9H,8,10H2,1-2H3,(H,19,22)/b13-6+. The van der Waals surface area contributed by atoms with Crippen molar-refractivity contribution in [2.75, 3.05) is 6.79 Å². The largest absolute Gasteiger partial charge is 0.454 e. The number of hydrogen-bond acceptors (Lipinski definition) is 5. The Morgan fingerprint density at radius 2 is 2.25 bits per heavy atom. The third-order valence-electron chi connectivity index (χ3n) is 3.61. The molecule has 0 unspecified atom stereocenters. The minimum absolute atomic E-state index is 0.0341. The van der Waals surface area contributed by atoms with Gasteiger partial charge >= 0.3 is 0 Å². The average Bonchev–Trinajstić information content (AvgIpc) is 3.15. The van der Waals surface area contributed by atoms with Crippen LogP contribution < -0.4 is 14.8 Å². The van der Waals surface area contributed by atoms with Gasteiger partial charge in [0.05, 0.1) is 5.69 Å². The highest BCUT2D eigenvalue weighted by Gasteiger charge is 2.14. The van der Waals surface area contributed by atoms with Crippen LogP contribution in [0, 0.1) is 18.3 Å². The summed E-state index contributed by atoms with van der Waals surface area (Å²) in [6.07, 6.45) is 3.30. The number of benzene rings is 1. The van der Waals surface area contributed by atoms with Crippen molar-refractivity contribution >= 4 is 12.0 Å². The monoisotopic (exact) mass is 324 g/mol. The van der Waals surface area contributed by atoms with Crippen molar-refractivity contribution in [3.05, 3.63) is 46.8 Å². The van der Waals surface area contributed by atoms with Crippen molar-refractivity contribution in [3.63, 3.8) is 0 Å². The summed E-state index contributed by atoms with van der Waals surface area (Å²) in [5.74, 6) is 0.914. The molecule has 122 valence electrons. The number of carbonyl (C=O) groups excluding carboxylic acids is 1. The van der Waals surface area contributed by atoms with Gasteiger partial charge in [-0.3, -0.25) is 9.48 Å². The van der Waals surface area contributed by atoms with E-state index in [9.17, 15) is 10.1 Å². The van der Waals surface area contributed by atoms with E-state index in [1.165, 1.54) is 6.08 Å². The smallest absolute Gasteiger partial charge is 0.262 e. The lowest BCUT2D eigenvalue weighted by molar-refractivity contribution is -0.117. The van der Waals surface area contributed by atoms with Crippen molar-refractivity contribution in [2.24, 2.45) is 7.05 Å². The topological polar surface area (TPSA) is 89.2 Å². The van der Waals surface area contributed by atoms with Crippen molar-refractivity contribution in [2.45, 2.75) is 13.5 Å². The van der Waals surface area contributed by atoms with Gasteiger partial charge in [0.25, 0.3) is 5.91 Å². The van der Waals surface area contributed by atoms with E-state index in [1.807, 2.05) is 25.1 Å². The molecule has 1 aliphatic heterocycles. The Morgan fingerprint density at radius 3 is 2.96 bits per heavy atom. The van der Waals surface area contributed by atoms with Gasteiger partial charge in [-0.2, -0.15) is 10.4 Å². The minimum Gasteiger partial charge on any atom is -0.454 e. The van der Waals surface area contributed by atoms with E-state index in [0.29, 0.717) is 18.0 Å². The lowest BCUT2D eigenvalue weighted by atomic mass is 10.1. The molecule has 0 radical (unpaired) electrons. The first-order valence-electron chi connectivity index (χ1n) is 7.35. The fourth-order valence-electron chi connectivity index (χ4n) is 2.39. The van der Waals surface area contributed by atoms with Gasteiger partial charge in [-0.15, -0.1) is 0 Å². The molecule has 2 heterocycles. The number of rotatable bonds is 4. The molecule has 0 fully saturated rings. The highest BCUT2D eigenvalue weighted by atomic mass is 16.7. The Morgan fingerprint density at radius 1 is 1.46 bits per heavy atom. The molecule has 0 saturated heterocycles. The van der Waals surface area contributed by atoms with Crippen LogP contribution in [0.4, 0.5) is 0 Å². The molecule has 0 atom stereocenters. The molecule has 1 aromatic heterocycles. The van der Waals surface area contributed by atoms with Crippen molar-refractivity contribution in [3.8, 4) is 17.6 Å². The van der Waals surface area contributed by atoms with Gasteiger partial charge in [-0.1, -0.05) is 6.07 Å². The van der Waals surface area contributed by atoms with Gasteiger partial charge in [-0.25, -0.2) is 0 Å². The van der Waals surface area contributed by atoms with Crippen LogP contribution in [0.5, 0.6) is 11.5 Å². The molecule has 0 aliphatic carbocycles. The molecule has 1 amide bonds. The van der Waals surface area contributed by atoms with Gasteiger partial charge in [0, 0.05) is 25.4 Å². The average molecular weight is 324 g/mol. The van der Waals surface area contributed by atoms with Crippen LogP contribution in [0.25, 0.3) is 6.08 Å². The van der Waals surface area contributed by atoms with Crippen molar-refractivity contribution in [1.29, 1.82) is 5.26 Å². The third kappa shape index (κ3) is 3.22. The van der Waals surface area contributed by atoms with E-state index in [0.717, 1.165) is 16.8 Å². The number of nitrogens with one attached hydrogen (secondary N) is 1. The molecule has 1 aromatic carbocycles. The Kier molecular flexibility index (Phi) is 4.20. The zero-order valence-corrected chi connectivity index (χ0v) is 13.4. The first-order chi connectivity index (χ1) is 11.6. The van der Waals surface area contributed by atoms with Crippen LogP contribution >= 0.6 is 0 Å². The lowest BCUT2D eigenvalue weighted by Gasteiger charge is -2.05. The van der Waals surface area contributed by atoms with E-state index in [4.69, 9.17) is 9.47 Å². The first kappa shape index (κ1) is 15.6. The van der Waals surface area contributed by atoms with E-state index in [2.05, 4.69) is 10.4 Å². The Balaban J connectivity index is 1.69. The van der Waals surface area contributed by atoms with Crippen molar-refractivity contribution < 1.29 is 14.3 Å². The summed E-state index contributed by atoms with van der Waals surface area (Å²) >= 11 is 0. The van der Waals surface area contributed by atoms with Crippen LogP contribution in [0.2, 0.25) is 0 Å². The first-order valence-corrected chi connectivity index (χ1v) is 7.35. The van der Waals surface area contributed by atoms with Crippen LogP contribution in [-0.4, -0.2) is 22.5 Å². The Hall–Kier alpha value is -3.27. The van der Waals surface area contributed by atoms with E-state index < -0.39 is 5.91 Å². The second kappa shape index (κ2) is 6.46. The summed E-state index contributed by atoms with van der Waals surface area (Å²) in [7, 11) is 1.79. The van der Waals surface area contributed by atoms with Gasteiger partial charge in [0.1, 0.15) is 11.6 Å². The maximum absolute atomic E-state index is 12.2. The molecule has 0 spiro atoms. The summed E-state index contributed by atoms with van der Waals surface area (Å²) in [5.41, 5.74) is 2.40. The Bertz CT molecular complexity index is 861. The predicted molar refractivity (Wildman–Crippen MR) is 85.9 cm³/mol. The number of aryl methyl sites for hydroxylation is 2. The summed E-state index contributed by atoms with van der Waals surface area (Å²) in [5, 5.41) is 16.2. The fraction of sp³-hybridized carbons (Fsp3) is 0.235. The number of nitrogens with zero attached hydrogens (tertiary/aromatic N) is 3. The maximum atomic E-state index is 12.2. The predicted octanol–water partition coefficient (Wildman–Crippen LogP) is 1.68. The lowest BCUT2D eigenvalue weighted by Crippen LogP contribution is -2.23. The zero-order chi connectivity index (χ0) is 17.1. The molecule has 0 saturated carbocycles. The van der Waals surface area contributed by atoms with Crippen LogP contribution in [0.3, 0.4) is 0 Å². The summed E-state index contributed by atoms with van der Waals surface area (Å²) in [6, 6.07) is 7.38. The molecule has 2 aromatic rings. The molecule has 1 aliphatic rings. The normalized spacial score (nSPS) is 12.8. The summed E-state index contributed by atoms with van der Waals surface area (Å²) in [4.78, 5) is 12.2. The summed E-state index contributed by atoms with van der Waals surface area (Å²) in [6.45, 7) is 2.32. The fourth-order valence-corrected chi connectivity index (χ4v) is 2.39. The van der Waals surface area contributed by atoms with E-state index in [-0.39, 0.29) is 12.4 Å². The summed E-state index contributed by atoms with van der Waals surface area (Å²) < 4.78 is 12.2. The molecule has 7 nitrogen and oxygen atoms in total. The van der Waals surface area contributed by atoms with Gasteiger partial charge in [-0.05, 0) is 30.7 Å². The molecule has 7 heteroatoms. The number of ether oxygens (including phenoxy) is 2. The molecular formula is C17H16N4O3. The van der Waals surface area contributed by atoms with E-state index in [1.54, 1.807) is 24.0 Å². The highest BCUT2D eigenvalue weighted by molar-refractivity contribution is 6.01. The second-order valence-corrected chi connectivity index (χ2v) is 5.38. The highest BCUT2D eigenvalue weighted by Crippen LogP contribution is 2.32. The minimum atomic E-state index is -0.432. The van der Waals surface area contributed by atoms with Crippen LogP contribution in [-0.2, 0) is 18.4 Å². The van der Waals surface area contributed by atoms with Crippen LogP contribution in [0.1, 0.15) is 16.8 Å². The number of nitriles is 1. The number of hydrogen-bond donors (Lipinski definition) is 1. The number of carbonyl (C=O) groups is 1. The van der Waals surface area contributed by atoms with Gasteiger partial charge in [0.15, 0.2) is 11.5 Å². The molecule has 24 heavy (non-hydrogen) atoms. The van der Waals surface area contributed by atoms with E-state index >= 15 is 0 Å².